The fourth-order valence-corrected chi connectivity index (χ4v) is 6.46. The van der Waals surface area contributed by atoms with Crippen LogP contribution < -0.4 is 15.2 Å². The van der Waals surface area contributed by atoms with E-state index in [9.17, 15) is 35.6 Å². The van der Waals surface area contributed by atoms with E-state index in [1.807, 2.05) is 5.32 Å². The van der Waals surface area contributed by atoms with Gasteiger partial charge in [-0.05, 0) is 61.0 Å². The molecule has 0 aliphatic carbocycles. The molecule has 1 amide bonds. The van der Waals surface area contributed by atoms with E-state index in [0.29, 0.717) is 10.8 Å². The minimum Gasteiger partial charge on any atom is -0.455 e. The third kappa shape index (κ3) is 5.55. The van der Waals surface area contributed by atoms with Crippen molar-refractivity contribution in [3.63, 3.8) is 0 Å². The number of carbonyl (C=O) groups excluding carboxylic acids is 1. The van der Waals surface area contributed by atoms with Gasteiger partial charge in [-0.3, -0.25) is 18.9 Å². The van der Waals surface area contributed by atoms with Gasteiger partial charge >= 0.3 is 6.18 Å². The van der Waals surface area contributed by atoms with Crippen molar-refractivity contribution in [2.45, 2.75) is 19.1 Å². The molecule has 0 fully saturated rings. The number of hydrogen-bond donors (Lipinski definition) is 2. The molecule has 0 spiro atoms. The highest BCUT2D eigenvalue weighted by molar-refractivity contribution is 7.92. The zero-order valence-corrected chi connectivity index (χ0v) is 25.0. The number of H-pyrrole nitrogens is 1. The van der Waals surface area contributed by atoms with Gasteiger partial charge in [0.15, 0.2) is 6.04 Å². The molecule has 0 saturated heterocycles. The minimum absolute atomic E-state index is 0.00211. The van der Waals surface area contributed by atoms with Crippen molar-refractivity contribution in [2.24, 2.45) is 0 Å². The first-order chi connectivity index (χ1) is 21.8. The molecular weight excluding hydrogens is 628 g/mol. The van der Waals surface area contributed by atoms with Gasteiger partial charge in [0.05, 0.1) is 28.5 Å². The van der Waals surface area contributed by atoms with E-state index in [4.69, 9.17) is 4.42 Å². The maximum atomic E-state index is 13.9. The summed E-state index contributed by atoms with van der Waals surface area (Å²) in [6, 6.07) is 14.0. The summed E-state index contributed by atoms with van der Waals surface area (Å²) in [6.07, 6.45) is -2.65. The molecular formula is C32H24F4N4O5S. The summed E-state index contributed by atoms with van der Waals surface area (Å²) < 4.78 is 88.6. The summed E-state index contributed by atoms with van der Waals surface area (Å²) in [5.74, 6) is -1.61. The van der Waals surface area contributed by atoms with Gasteiger partial charge in [-0.1, -0.05) is 18.2 Å². The minimum atomic E-state index is -4.84. The summed E-state index contributed by atoms with van der Waals surface area (Å²) in [5.41, 5.74) is 0.0738. The molecule has 0 bridgehead atoms. The Kier molecular flexibility index (Phi) is 7.55. The van der Waals surface area contributed by atoms with Crippen LogP contribution in [-0.2, 0) is 10.0 Å². The predicted octanol–water partition coefficient (Wildman–Crippen LogP) is 6.45. The molecule has 0 saturated carbocycles. The lowest BCUT2D eigenvalue weighted by Gasteiger charge is -2.24. The lowest BCUT2D eigenvalue weighted by atomic mass is 9.98. The fraction of sp³-hybridized carbons (Fsp3) is 0.156. The number of pyridine rings is 2. The van der Waals surface area contributed by atoms with Crippen LogP contribution in [0, 0.1) is 5.82 Å². The summed E-state index contributed by atoms with van der Waals surface area (Å²) >= 11 is 0. The zero-order valence-electron chi connectivity index (χ0n) is 24.1. The molecule has 14 heteroatoms. The van der Waals surface area contributed by atoms with Gasteiger partial charge < -0.3 is 14.7 Å². The lowest BCUT2D eigenvalue weighted by molar-refractivity contribution is -0.156. The van der Waals surface area contributed by atoms with Crippen molar-refractivity contribution in [2.75, 3.05) is 17.1 Å². The molecule has 3 aromatic heterocycles. The van der Waals surface area contributed by atoms with Gasteiger partial charge in [0.1, 0.15) is 17.0 Å². The molecule has 0 aliphatic rings. The highest BCUT2D eigenvalue weighted by atomic mass is 32.2. The number of benzene rings is 3. The summed E-state index contributed by atoms with van der Waals surface area (Å²) in [6.45, 7) is 1.61. The normalized spacial score (nSPS) is 12.9. The SMILES string of the molecule is CCN(c1cc2oc3c4ccc(F)cc4[nH]c(=O)c3c2cc1-c1cccc(C(=O)NC(c2ccccn2)C(F)(F)F)c1)S(C)(=O)=O. The van der Waals surface area contributed by atoms with Crippen LogP contribution >= 0.6 is 0 Å². The average molecular weight is 653 g/mol. The molecule has 3 aromatic carbocycles. The van der Waals surface area contributed by atoms with Crippen molar-refractivity contribution in [3.05, 3.63) is 106 Å². The lowest BCUT2D eigenvalue weighted by Crippen LogP contribution is -2.38. The number of halogens is 4. The Morgan fingerprint density at radius 2 is 1.83 bits per heavy atom. The first-order valence-electron chi connectivity index (χ1n) is 13.8. The van der Waals surface area contributed by atoms with Crippen LogP contribution in [0.25, 0.3) is 44.0 Å². The van der Waals surface area contributed by atoms with Gasteiger partial charge in [0.2, 0.25) is 10.0 Å². The molecule has 1 atom stereocenters. The van der Waals surface area contributed by atoms with Crippen LogP contribution in [0.2, 0.25) is 0 Å². The quantitative estimate of drug-likeness (QED) is 0.191. The molecule has 3 heterocycles. The third-order valence-electron chi connectivity index (χ3n) is 7.49. The van der Waals surface area contributed by atoms with Crippen molar-refractivity contribution in [3.8, 4) is 11.1 Å². The Balaban J connectivity index is 1.54. The van der Waals surface area contributed by atoms with E-state index in [0.717, 1.165) is 22.7 Å². The number of amides is 1. The van der Waals surface area contributed by atoms with E-state index >= 15 is 0 Å². The molecule has 46 heavy (non-hydrogen) atoms. The van der Waals surface area contributed by atoms with E-state index < -0.39 is 45.2 Å². The number of furan rings is 1. The highest BCUT2D eigenvalue weighted by Crippen LogP contribution is 2.41. The molecule has 6 aromatic rings. The molecule has 1 unspecified atom stereocenters. The van der Waals surface area contributed by atoms with Gasteiger partial charge in [0.25, 0.3) is 11.5 Å². The molecule has 9 nitrogen and oxygen atoms in total. The predicted molar refractivity (Wildman–Crippen MR) is 166 cm³/mol. The smallest absolute Gasteiger partial charge is 0.414 e. The Labute approximate surface area is 258 Å². The molecule has 0 aliphatic heterocycles. The van der Waals surface area contributed by atoms with Crippen LogP contribution in [-0.4, -0.2) is 43.3 Å². The van der Waals surface area contributed by atoms with Gasteiger partial charge in [0, 0.05) is 40.7 Å². The van der Waals surface area contributed by atoms with E-state index in [1.54, 1.807) is 13.0 Å². The zero-order chi connectivity index (χ0) is 33.0. The number of hydrogen-bond acceptors (Lipinski definition) is 6. The number of sulfonamides is 1. The average Bonchev–Trinajstić information content (AvgIpc) is 3.38. The number of carbonyl (C=O) groups is 1. The molecule has 0 radical (unpaired) electrons. The largest absolute Gasteiger partial charge is 0.455 e. The van der Waals surface area contributed by atoms with E-state index in [1.165, 1.54) is 60.8 Å². The molecule has 2 N–H and O–H groups in total. The van der Waals surface area contributed by atoms with Gasteiger partial charge in [-0.2, -0.15) is 13.2 Å². The van der Waals surface area contributed by atoms with Crippen molar-refractivity contribution in [1.82, 2.24) is 15.3 Å². The van der Waals surface area contributed by atoms with Crippen molar-refractivity contribution < 1.29 is 35.2 Å². The van der Waals surface area contributed by atoms with Crippen LogP contribution in [0.3, 0.4) is 0 Å². The second-order valence-electron chi connectivity index (χ2n) is 10.5. The maximum absolute atomic E-state index is 13.9. The van der Waals surface area contributed by atoms with Gasteiger partial charge in [-0.15, -0.1) is 0 Å². The second kappa shape index (κ2) is 11.3. The van der Waals surface area contributed by atoms with Crippen LogP contribution in [0.4, 0.5) is 23.2 Å². The standard InChI is InChI=1S/C32H24F4N4O5S/c1-3-40(46(2,43)44)25-16-26-22(27-28(45-26)20-11-10-19(33)14-24(20)38-31(27)42)15-21(25)17-7-6-8-18(13-17)30(41)39-29(32(34,35)36)23-9-4-5-12-37-23/h4-16,29H,3H2,1-2H3,(H,38,42)(H,39,41). The van der Waals surface area contributed by atoms with Crippen LogP contribution in [0.1, 0.15) is 29.0 Å². The van der Waals surface area contributed by atoms with E-state index in [-0.39, 0.29) is 51.0 Å². The Morgan fingerprint density at radius 3 is 2.50 bits per heavy atom. The molecule has 236 valence electrons. The van der Waals surface area contributed by atoms with Crippen LogP contribution in [0.5, 0.6) is 0 Å². The number of fused-ring (bicyclic) bond motifs is 5. The van der Waals surface area contributed by atoms with E-state index in [2.05, 4.69) is 9.97 Å². The van der Waals surface area contributed by atoms with Crippen molar-refractivity contribution in [1.29, 1.82) is 0 Å². The third-order valence-corrected chi connectivity index (χ3v) is 8.74. The first kappa shape index (κ1) is 30.8. The Bertz CT molecular complexity index is 2320. The fourth-order valence-electron chi connectivity index (χ4n) is 5.48. The highest BCUT2D eigenvalue weighted by Gasteiger charge is 2.43. The number of aromatic amines is 1. The molecule has 6 rings (SSSR count). The number of anilines is 1. The van der Waals surface area contributed by atoms with Crippen LogP contribution in [0.15, 0.2) is 88.2 Å². The summed E-state index contributed by atoms with van der Waals surface area (Å²) in [5, 5.41) is 2.84. The number of rotatable bonds is 7. The Morgan fingerprint density at radius 1 is 1.04 bits per heavy atom. The number of aromatic nitrogens is 2. The second-order valence-corrected chi connectivity index (χ2v) is 12.4. The Hall–Kier alpha value is -5.24. The maximum Gasteiger partial charge on any atom is 0.414 e. The monoisotopic (exact) mass is 652 g/mol. The summed E-state index contributed by atoms with van der Waals surface area (Å²) in [7, 11) is -3.86. The number of nitrogens with zero attached hydrogens (tertiary/aromatic N) is 2. The first-order valence-corrected chi connectivity index (χ1v) is 15.7. The topological polar surface area (TPSA) is 125 Å². The van der Waals surface area contributed by atoms with Gasteiger partial charge in [-0.25, -0.2) is 12.8 Å². The number of nitrogens with one attached hydrogen (secondary N) is 2. The van der Waals surface area contributed by atoms with Crippen molar-refractivity contribution >= 4 is 54.5 Å². The number of alkyl halides is 3. The summed E-state index contributed by atoms with van der Waals surface area (Å²) in [4.78, 5) is 32.8.